The van der Waals surface area contributed by atoms with Crippen LogP contribution in [0.4, 0.5) is 0 Å². The van der Waals surface area contributed by atoms with E-state index in [0.29, 0.717) is 5.56 Å². The molecule has 0 aromatic heterocycles. The molecule has 0 bridgehead atoms. The molecule has 0 unspecified atom stereocenters. The van der Waals surface area contributed by atoms with Crippen LogP contribution in [-0.4, -0.2) is 11.0 Å². The van der Waals surface area contributed by atoms with E-state index in [1.54, 1.807) is 0 Å². The smallest absolute Gasteiger partial charge is 0.221 e. The van der Waals surface area contributed by atoms with Gasteiger partial charge in [-0.25, -0.2) is 0 Å². The summed E-state index contributed by atoms with van der Waals surface area (Å²) in [6.45, 7) is 4.35. The number of primary amides is 1. The van der Waals surface area contributed by atoms with E-state index >= 15 is 0 Å². The van der Waals surface area contributed by atoms with Gasteiger partial charge in [0, 0.05) is 5.56 Å². The Kier molecular flexibility index (Phi) is 7.88. The van der Waals surface area contributed by atoms with Crippen molar-refractivity contribution < 1.29 is 9.90 Å². The van der Waals surface area contributed by atoms with Gasteiger partial charge in [0.15, 0.2) is 0 Å². The topological polar surface area (TPSA) is 63.3 Å². The zero-order chi connectivity index (χ0) is 15.7. The van der Waals surface area contributed by atoms with Gasteiger partial charge in [-0.15, -0.1) is 0 Å². The van der Waals surface area contributed by atoms with Gasteiger partial charge in [-0.3, -0.25) is 4.79 Å². The molecule has 3 heteroatoms. The fraction of sp³-hybridized carbons (Fsp3) is 0.611. The number of phenols is 1. The van der Waals surface area contributed by atoms with E-state index in [1.807, 2.05) is 6.07 Å². The predicted molar refractivity (Wildman–Crippen MR) is 87.5 cm³/mol. The molecular formula is C18H29NO2. The lowest BCUT2D eigenvalue weighted by Gasteiger charge is -2.12. The van der Waals surface area contributed by atoms with Crippen molar-refractivity contribution >= 4 is 5.91 Å². The van der Waals surface area contributed by atoms with Crippen molar-refractivity contribution in [3.05, 3.63) is 28.8 Å². The van der Waals surface area contributed by atoms with E-state index in [4.69, 9.17) is 5.73 Å². The van der Waals surface area contributed by atoms with E-state index in [2.05, 4.69) is 19.9 Å². The monoisotopic (exact) mass is 291 g/mol. The average Bonchev–Trinajstić information content (AvgIpc) is 2.43. The highest BCUT2D eigenvalue weighted by Gasteiger charge is 2.12. The molecule has 0 radical (unpaired) electrons. The fourth-order valence-corrected chi connectivity index (χ4v) is 2.63. The summed E-state index contributed by atoms with van der Waals surface area (Å²) in [6, 6.07) is 4.05. The average molecular weight is 291 g/mol. The summed E-state index contributed by atoms with van der Waals surface area (Å²) in [5.74, 6) is -0.125. The van der Waals surface area contributed by atoms with Crippen molar-refractivity contribution in [2.75, 3.05) is 0 Å². The highest BCUT2D eigenvalue weighted by atomic mass is 16.3. The molecular weight excluding hydrogens is 262 g/mol. The second-order valence-corrected chi connectivity index (χ2v) is 5.82. The first-order valence-electron chi connectivity index (χ1n) is 8.20. The van der Waals surface area contributed by atoms with Crippen LogP contribution in [0, 0.1) is 0 Å². The first-order chi connectivity index (χ1) is 10.1. The normalized spacial score (nSPS) is 10.8. The molecule has 0 fully saturated rings. The summed E-state index contributed by atoms with van der Waals surface area (Å²) < 4.78 is 0. The van der Waals surface area contributed by atoms with Crippen molar-refractivity contribution in [2.45, 2.75) is 71.6 Å². The van der Waals surface area contributed by atoms with Crippen LogP contribution in [0.15, 0.2) is 12.1 Å². The number of aromatic hydroxyl groups is 1. The number of hydrogen-bond acceptors (Lipinski definition) is 2. The lowest BCUT2D eigenvalue weighted by atomic mass is 9.95. The van der Waals surface area contributed by atoms with E-state index < -0.39 is 5.91 Å². The molecule has 0 aliphatic rings. The first-order valence-corrected chi connectivity index (χ1v) is 8.20. The molecule has 0 atom stereocenters. The standard InChI is InChI=1S/C18H29NO2/c1-3-5-7-9-14-11-15(10-8-6-4-2)18(21)16(12-14)13-17(19)20/h11-12,21H,3-10,13H2,1-2H3,(H2,19,20). The molecule has 0 saturated heterocycles. The molecule has 1 aromatic carbocycles. The SMILES string of the molecule is CCCCCc1cc(CCCCC)c(O)c(CC(N)=O)c1. The minimum atomic E-state index is -0.393. The van der Waals surface area contributed by atoms with Crippen molar-refractivity contribution in [3.8, 4) is 5.75 Å². The summed E-state index contributed by atoms with van der Waals surface area (Å²) >= 11 is 0. The molecule has 1 rings (SSSR count). The Hall–Kier alpha value is -1.51. The molecule has 0 spiro atoms. The number of rotatable bonds is 10. The van der Waals surface area contributed by atoms with Gasteiger partial charge >= 0.3 is 0 Å². The zero-order valence-electron chi connectivity index (χ0n) is 13.5. The maximum atomic E-state index is 11.2. The minimum absolute atomic E-state index is 0.119. The number of carbonyl (C=O) groups excluding carboxylic acids is 1. The molecule has 3 N–H and O–H groups in total. The summed E-state index contributed by atoms with van der Waals surface area (Å²) in [6.07, 6.45) is 8.91. The summed E-state index contributed by atoms with van der Waals surface area (Å²) in [4.78, 5) is 11.2. The van der Waals surface area contributed by atoms with Crippen LogP contribution in [0.3, 0.4) is 0 Å². The number of unbranched alkanes of at least 4 members (excludes halogenated alkanes) is 4. The van der Waals surface area contributed by atoms with Gasteiger partial charge in [0.2, 0.25) is 5.91 Å². The highest BCUT2D eigenvalue weighted by Crippen LogP contribution is 2.27. The second-order valence-electron chi connectivity index (χ2n) is 5.82. The fourth-order valence-electron chi connectivity index (χ4n) is 2.63. The first kappa shape index (κ1) is 17.5. The Labute approximate surface area is 128 Å². The van der Waals surface area contributed by atoms with Crippen molar-refractivity contribution in [2.24, 2.45) is 5.73 Å². The van der Waals surface area contributed by atoms with Gasteiger partial charge in [-0.1, -0.05) is 51.7 Å². The molecule has 3 nitrogen and oxygen atoms in total. The Morgan fingerprint density at radius 2 is 1.57 bits per heavy atom. The quantitative estimate of drug-likeness (QED) is 0.642. The van der Waals surface area contributed by atoms with Crippen molar-refractivity contribution in [3.63, 3.8) is 0 Å². The van der Waals surface area contributed by atoms with Crippen LogP contribution in [0.2, 0.25) is 0 Å². The molecule has 0 heterocycles. The molecule has 1 aromatic rings. The summed E-state index contributed by atoms with van der Waals surface area (Å²) in [5, 5.41) is 10.3. The van der Waals surface area contributed by atoms with Gasteiger partial charge < -0.3 is 10.8 Å². The third-order valence-corrected chi connectivity index (χ3v) is 3.81. The Balaban J connectivity index is 2.91. The maximum absolute atomic E-state index is 11.2. The predicted octanol–water partition coefficient (Wildman–Crippen LogP) is 3.89. The Bertz CT molecular complexity index is 455. The van der Waals surface area contributed by atoms with Crippen LogP contribution in [0.25, 0.3) is 0 Å². The van der Waals surface area contributed by atoms with Gasteiger partial charge in [0.25, 0.3) is 0 Å². The second kappa shape index (κ2) is 9.43. The number of aryl methyl sites for hydroxylation is 2. The third kappa shape index (κ3) is 6.19. The Morgan fingerprint density at radius 1 is 1.00 bits per heavy atom. The van der Waals surface area contributed by atoms with Crippen LogP contribution < -0.4 is 5.73 Å². The molecule has 21 heavy (non-hydrogen) atoms. The minimum Gasteiger partial charge on any atom is -0.507 e. The summed E-state index contributed by atoms with van der Waals surface area (Å²) in [7, 11) is 0. The number of phenolic OH excluding ortho intramolecular Hbond substituents is 1. The van der Waals surface area contributed by atoms with E-state index in [9.17, 15) is 9.90 Å². The molecule has 0 saturated carbocycles. The van der Waals surface area contributed by atoms with Crippen molar-refractivity contribution in [1.29, 1.82) is 0 Å². The van der Waals surface area contributed by atoms with Crippen LogP contribution in [-0.2, 0) is 24.1 Å². The molecule has 0 aliphatic carbocycles. The number of benzene rings is 1. The third-order valence-electron chi connectivity index (χ3n) is 3.81. The van der Waals surface area contributed by atoms with Gasteiger partial charge in [-0.2, -0.15) is 0 Å². The van der Waals surface area contributed by atoms with Crippen LogP contribution in [0.5, 0.6) is 5.75 Å². The number of nitrogens with two attached hydrogens (primary N) is 1. The zero-order valence-corrected chi connectivity index (χ0v) is 13.5. The van der Waals surface area contributed by atoms with E-state index in [-0.39, 0.29) is 12.2 Å². The maximum Gasteiger partial charge on any atom is 0.221 e. The summed E-state index contributed by atoms with van der Waals surface area (Å²) in [5.41, 5.74) is 8.15. The largest absolute Gasteiger partial charge is 0.507 e. The van der Waals surface area contributed by atoms with Crippen LogP contribution in [0.1, 0.15) is 69.1 Å². The van der Waals surface area contributed by atoms with Gasteiger partial charge in [0.05, 0.1) is 6.42 Å². The number of amides is 1. The van der Waals surface area contributed by atoms with Gasteiger partial charge in [0.1, 0.15) is 5.75 Å². The lowest BCUT2D eigenvalue weighted by molar-refractivity contribution is -0.117. The molecule has 0 aliphatic heterocycles. The van der Waals surface area contributed by atoms with E-state index in [0.717, 1.165) is 44.1 Å². The number of hydrogen-bond donors (Lipinski definition) is 2. The van der Waals surface area contributed by atoms with Gasteiger partial charge in [-0.05, 0) is 36.8 Å². The van der Waals surface area contributed by atoms with E-state index in [1.165, 1.54) is 18.4 Å². The highest BCUT2D eigenvalue weighted by molar-refractivity contribution is 5.77. The van der Waals surface area contributed by atoms with Crippen molar-refractivity contribution in [1.82, 2.24) is 0 Å². The van der Waals surface area contributed by atoms with Crippen LogP contribution >= 0.6 is 0 Å². The number of carbonyl (C=O) groups is 1. The lowest BCUT2D eigenvalue weighted by Crippen LogP contribution is -2.14. The molecule has 118 valence electrons. The molecule has 1 amide bonds. The Morgan fingerprint density at radius 3 is 2.14 bits per heavy atom.